The van der Waals surface area contributed by atoms with Crippen LogP contribution in [0.1, 0.15) is 5.56 Å². The van der Waals surface area contributed by atoms with Crippen LogP contribution in [-0.4, -0.2) is 17.2 Å². The molecule has 1 aliphatic heterocycles. The van der Waals surface area contributed by atoms with Gasteiger partial charge in [0, 0.05) is 0 Å². The maximum absolute atomic E-state index is 5.84. The number of nitrogen functional groups attached to an aromatic ring is 1. The Labute approximate surface area is 112 Å². The number of allylic oxidation sites excluding steroid dienone is 3. The van der Waals surface area contributed by atoms with Crippen LogP contribution in [0.25, 0.3) is 5.57 Å². The van der Waals surface area contributed by atoms with Crippen LogP contribution in [0.4, 0.5) is 5.69 Å². The van der Waals surface area contributed by atoms with Gasteiger partial charge in [-0.3, -0.25) is 0 Å². The number of nitrogens with zero attached hydrogens (tertiary/aromatic N) is 1. The van der Waals surface area contributed by atoms with Gasteiger partial charge in [0.15, 0.2) is 0 Å². The van der Waals surface area contributed by atoms with E-state index in [1.165, 1.54) is 20.4 Å². The minimum atomic E-state index is 0.101. The predicted octanol–water partition coefficient (Wildman–Crippen LogP) is -0.661. The van der Waals surface area contributed by atoms with E-state index < -0.39 is 0 Å². The van der Waals surface area contributed by atoms with Crippen LogP contribution in [0.3, 0.4) is 0 Å². The number of anilines is 1. The molecule has 0 aromatic heterocycles. The number of aliphatic imine (C=N–C) groups is 1. The quantitative estimate of drug-likeness (QED) is 0.434. The molecule has 1 aromatic rings. The van der Waals surface area contributed by atoms with Crippen molar-refractivity contribution in [3.63, 3.8) is 0 Å². The fraction of sp³-hybridized carbons (Fsp3) is 0.214. The van der Waals surface area contributed by atoms with Gasteiger partial charge in [-0.2, -0.15) is 0 Å². The second-order valence-electron chi connectivity index (χ2n) is 4.26. The Morgan fingerprint density at radius 1 is 1.41 bits per heavy atom. The molecule has 1 aliphatic carbocycles. The fourth-order valence-electron chi connectivity index (χ4n) is 2.20. The Hall–Kier alpha value is -1.10. The molecule has 1 aromatic carbocycles. The number of rotatable bonds is 2. The zero-order valence-corrected chi connectivity index (χ0v) is 11.8. The zero-order valence-electron chi connectivity index (χ0n) is 9.65. The van der Waals surface area contributed by atoms with Crippen molar-refractivity contribution in [2.75, 3.05) is 17.2 Å². The fourth-order valence-corrected chi connectivity index (χ4v) is 3.97. The van der Waals surface area contributed by atoms with E-state index in [1.54, 1.807) is 0 Å². The molecule has 0 saturated carbocycles. The van der Waals surface area contributed by atoms with Crippen molar-refractivity contribution >= 4 is 17.0 Å². The van der Waals surface area contributed by atoms with E-state index in [0.29, 0.717) is 5.92 Å². The Bertz CT molecular complexity index is 555. The van der Waals surface area contributed by atoms with Crippen LogP contribution >= 0.6 is 0 Å². The summed E-state index contributed by atoms with van der Waals surface area (Å²) in [6.45, 7) is 0.961. The molecular weight excluding hydrogens is 323 g/mol. The first-order valence-corrected chi connectivity index (χ1v) is 8.85. The second-order valence-corrected chi connectivity index (χ2v) is 6.50. The van der Waals surface area contributed by atoms with Crippen LogP contribution in [-0.2, 0) is 0 Å². The van der Waals surface area contributed by atoms with Crippen molar-refractivity contribution in [2.24, 2.45) is 10.9 Å². The normalized spacial score (nSPS) is 22.2. The first kappa shape index (κ1) is 11.0. The van der Waals surface area contributed by atoms with Crippen LogP contribution < -0.4 is 26.9 Å². The van der Waals surface area contributed by atoms with Gasteiger partial charge in [-0.05, 0) is 0 Å². The van der Waals surface area contributed by atoms with Crippen molar-refractivity contribution in [3.05, 3.63) is 45.6 Å². The molecular formula is C14H14IN2-. The first-order valence-electron chi connectivity index (χ1n) is 5.61. The monoisotopic (exact) mass is 337 g/mol. The van der Waals surface area contributed by atoms with Crippen LogP contribution in [0.2, 0.25) is 0 Å². The summed E-state index contributed by atoms with van der Waals surface area (Å²) in [6, 6.07) is 8.13. The van der Waals surface area contributed by atoms with Gasteiger partial charge in [0.05, 0.1) is 0 Å². The number of nitrogens with two attached hydrogens (primary N) is 1. The Kier molecular flexibility index (Phi) is 2.78. The number of hydrogen-bond donors (Lipinski definition) is 1. The van der Waals surface area contributed by atoms with Gasteiger partial charge in [0.2, 0.25) is 0 Å². The summed E-state index contributed by atoms with van der Waals surface area (Å²) in [5, 5.41) is 0. The zero-order chi connectivity index (χ0) is 11.8. The molecule has 0 bridgehead atoms. The molecule has 17 heavy (non-hydrogen) atoms. The molecule has 2 N–H and O–H groups in total. The molecule has 0 saturated heterocycles. The van der Waals surface area contributed by atoms with E-state index in [1.807, 2.05) is 12.1 Å². The molecule has 0 amide bonds. The van der Waals surface area contributed by atoms with E-state index in [0.717, 1.165) is 12.2 Å². The molecule has 88 valence electrons. The number of benzene rings is 1. The number of alkyl halides is 1. The standard InChI is InChI=1S/C14H14IN2/c1-15-13-7-10(5-11-8-17-14(11)13)9-3-2-4-12(16)6-9/h2-7,11H,8,16H2,1H3/q-1. The van der Waals surface area contributed by atoms with Gasteiger partial charge in [-0.15, -0.1) is 0 Å². The molecule has 1 unspecified atom stereocenters. The van der Waals surface area contributed by atoms with Crippen molar-refractivity contribution in [1.82, 2.24) is 0 Å². The van der Waals surface area contributed by atoms with Gasteiger partial charge < -0.3 is 0 Å². The summed E-state index contributed by atoms with van der Waals surface area (Å²) in [6.07, 6.45) is 4.64. The third-order valence-corrected chi connectivity index (χ3v) is 5.17. The van der Waals surface area contributed by atoms with Gasteiger partial charge >= 0.3 is 112 Å². The number of hydrogen-bond acceptors (Lipinski definition) is 2. The number of halogens is 1. The molecule has 3 heteroatoms. The summed E-state index contributed by atoms with van der Waals surface area (Å²) in [5.74, 6) is 0.561. The van der Waals surface area contributed by atoms with Crippen LogP contribution in [0.5, 0.6) is 0 Å². The van der Waals surface area contributed by atoms with Crippen LogP contribution in [0.15, 0.2) is 45.0 Å². The molecule has 2 nitrogen and oxygen atoms in total. The molecule has 2 aliphatic rings. The third-order valence-electron chi connectivity index (χ3n) is 3.14. The molecule has 1 heterocycles. The molecule has 0 spiro atoms. The second kappa shape index (κ2) is 4.29. The SMILES string of the molecule is C[I-]C1=CC(c2cccc(N)c2)=CC2CN=C12. The van der Waals surface area contributed by atoms with Crippen LogP contribution in [0, 0.1) is 5.92 Å². The van der Waals surface area contributed by atoms with Gasteiger partial charge in [-0.1, -0.05) is 0 Å². The van der Waals surface area contributed by atoms with E-state index in [9.17, 15) is 0 Å². The van der Waals surface area contributed by atoms with Crippen molar-refractivity contribution in [3.8, 4) is 0 Å². The van der Waals surface area contributed by atoms with Crippen molar-refractivity contribution < 1.29 is 21.2 Å². The van der Waals surface area contributed by atoms with Crippen molar-refractivity contribution in [1.29, 1.82) is 0 Å². The summed E-state index contributed by atoms with van der Waals surface area (Å²) in [4.78, 5) is 6.79. The molecule has 0 fully saturated rings. The summed E-state index contributed by atoms with van der Waals surface area (Å²) in [5.41, 5.74) is 10.6. The third kappa shape index (κ3) is 1.92. The van der Waals surface area contributed by atoms with E-state index >= 15 is 0 Å². The summed E-state index contributed by atoms with van der Waals surface area (Å²) >= 11 is 0.101. The van der Waals surface area contributed by atoms with E-state index in [4.69, 9.17) is 5.73 Å². The van der Waals surface area contributed by atoms with Gasteiger partial charge in [-0.25, -0.2) is 0 Å². The van der Waals surface area contributed by atoms with Crippen molar-refractivity contribution in [2.45, 2.75) is 0 Å². The average Bonchev–Trinajstić information content (AvgIpc) is 2.30. The number of fused-ring (bicyclic) bond motifs is 1. The Balaban J connectivity index is 2.02. The predicted molar refractivity (Wildman–Crippen MR) is 68.6 cm³/mol. The summed E-state index contributed by atoms with van der Waals surface area (Å²) in [7, 11) is 0. The maximum atomic E-state index is 5.84. The Morgan fingerprint density at radius 2 is 2.29 bits per heavy atom. The van der Waals surface area contributed by atoms with E-state index in [-0.39, 0.29) is 21.2 Å². The molecule has 0 radical (unpaired) electrons. The topological polar surface area (TPSA) is 38.4 Å². The van der Waals surface area contributed by atoms with Gasteiger partial charge in [0.1, 0.15) is 0 Å². The minimum absolute atomic E-state index is 0.101. The summed E-state index contributed by atoms with van der Waals surface area (Å²) < 4.78 is 1.49. The molecule has 1 atom stereocenters. The van der Waals surface area contributed by atoms with E-state index in [2.05, 4.69) is 34.2 Å². The molecule has 3 rings (SSSR count). The first-order chi connectivity index (χ1) is 8.28. The Morgan fingerprint density at radius 3 is 2.94 bits per heavy atom. The average molecular weight is 337 g/mol. The van der Waals surface area contributed by atoms with Gasteiger partial charge in [0.25, 0.3) is 0 Å².